The highest BCUT2D eigenvalue weighted by molar-refractivity contribution is 7.92. The van der Waals surface area contributed by atoms with Crippen molar-refractivity contribution in [2.45, 2.75) is 18.7 Å². The van der Waals surface area contributed by atoms with Gasteiger partial charge >= 0.3 is 0 Å². The van der Waals surface area contributed by atoms with Gasteiger partial charge in [-0.25, -0.2) is 22.2 Å². The Morgan fingerprint density at radius 3 is 2.64 bits per heavy atom. The minimum Gasteiger partial charge on any atom is -0.490 e. The molecule has 0 atom stereocenters. The Bertz CT molecular complexity index is 795. The molecule has 118 valence electrons. The molecule has 0 radical (unpaired) electrons. The maximum atomic E-state index is 13.9. The molecule has 1 aromatic heterocycles. The molecule has 5 nitrogen and oxygen atoms in total. The number of benzene rings is 1. The van der Waals surface area contributed by atoms with Crippen LogP contribution in [0.15, 0.2) is 35.4 Å². The van der Waals surface area contributed by atoms with Crippen LogP contribution in [0, 0.1) is 18.6 Å². The number of halogens is 2. The van der Waals surface area contributed by atoms with Gasteiger partial charge in [-0.15, -0.1) is 0 Å². The number of ether oxygens (including phenoxy) is 1. The quantitative estimate of drug-likeness (QED) is 0.916. The SMILES string of the molecule is CCOc1cccnc1NS(=O)(=O)c1ccc(C)c(F)c1F. The minimum atomic E-state index is -4.33. The predicted molar refractivity (Wildman–Crippen MR) is 77.3 cm³/mol. The molecule has 0 aliphatic heterocycles. The number of nitrogens with one attached hydrogen (secondary N) is 1. The van der Waals surface area contributed by atoms with Crippen molar-refractivity contribution in [1.82, 2.24) is 4.98 Å². The number of anilines is 1. The second kappa shape index (κ2) is 6.27. The molecule has 22 heavy (non-hydrogen) atoms. The van der Waals surface area contributed by atoms with Crippen LogP contribution in [0.4, 0.5) is 14.6 Å². The summed E-state index contributed by atoms with van der Waals surface area (Å²) in [6.45, 7) is 3.36. The third-order valence-corrected chi connectivity index (χ3v) is 4.19. The van der Waals surface area contributed by atoms with E-state index >= 15 is 0 Å². The lowest BCUT2D eigenvalue weighted by Gasteiger charge is -2.12. The fourth-order valence-electron chi connectivity index (χ4n) is 1.76. The summed E-state index contributed by atoms with van der Waals surface area (Å²) in [5.74, 6) is -2.53. The first kappa shape index (κ1) is 16.2. The van der Waals surface area contributed by atoms with E-state index in [0.29, 0.717) is 6.61 Å². The van der Waals surface area contributed by atoms with Gasteiger partial charge in [0.15, 0.2) is 23.2 Å². The molecule has 0 fully saturated rings. The Morgan fingerprint density at radius 1 is 1.23 bits per heavy atom. The monoisotopic (exact) mass is 328 g/mol. The smallest absolute Gasteiger partial charge is 0.266 e. The van der Waals surface area contributed by atoms with Gasteiger partial charge < -0.3 is 4.74 Å². The lowest BCUT2D eigenvalue weighted by Crippen LogP contribution is -2.17. The van der Waals surface area contributed by atoms with Crippen LogP contribution in [0.2, 0.25) is 0 Å². The van der Waals surface area contributed by atoms with E-state index in [1.807, 2.05) is 0 Å². The van der Waals surface area contributed by atoms with Gasteiger partial charge in [-0.05, 0) is 37.6 Å². The lowest BCUT2D eigenvalue weighted by molar-refractivity contribution is 0.341. The van der Waals surface area contributed by atoms with E-state index in [1.165, 1.54) is 25.3 Å². The summed E-state index contributed by atoms with van der Waals surface area (Å²) in [4.78, 5) is 3.06. The molecule has 1 heterocycles. The number of pyridine rings is 1. The number of hydrogen-bond acceptors (Lipinski definition) is 4. The zero-order valence-corrected chi connectivity index (χ0v) is 12.7. The first-order chi connectivity index (χ1) is 10.4. The van der Waals surface area contributed by atoms with Gasteiger partial charge in [0, 0.05) is 6.20 Å². The molecule has 0 spiro atoms. The van der Waals surface area contributed by atoms with Crippen LogP contribution in [0.5, 0.6) is 5.75 Å². The van der Waals surface area contributed by atoms with Gasteiger partial charge in [0.1, 0.15) is 4.90 Å². The summed E-state index contributed by atoms with van der Waals surface area (Å²) in [5, 5.41) is 0. The van der Waals surface area contributed by atoms with Crippen molar-refractivity contribution in [2.24, 2.45) is 0 Å². The number of aryl methyl sites for hydroxylation is 1. The standard InChI is InChI=1S/C14H14F2N2O3S/c1-3-21-10-5-4-8-17-14(10)18-22(19,20)11-7-6-9(2)12(15)13(11)16/h4-8H,3H2,1-2H3,(H,17,18). The van der Waals surface area contributed by atoms with Gasteiger partial charge in [-0.2, -0.15) is 0 Å². The van der Waals surface area contributed by atoms with Crippen molar-refractivity contribution in [3.63, 3.8) is 0 Å². The van der Waals surface area contributed by atoms with Crippen molar-refractivity contribution in [1.29, 1.82) is 0 Å². The summed E-state index contributed by atoms with van der Waals surface area (Å²) < 4.78 is 59.2. The van der Waals surface area contributed by atoms with Crippen LogP contribution >= 0.6 is 0 Å². The summed E-state index contributed by atoms with van der Waals surface area (Å²) in [5.41, 5.74) is 0.0179. The number of sulfonamides is 1. The van der Waals surface area contributed by atoms with Crippen molar-refractivity contribution in [3.05, 3.63) is 47.7 Å². The van der Waals surface area contributed by atoms with Gasteiger partial charge in [0.25, 0.3) is 10.0 Å². The van der Waals surface area contributed by atoms with Crippen LogP contribution in [0.25, 0.3) is 0 Å². The van der Waals surface area contributed by atoms with E-state index in [0.717, 1.165) is 6.07 Å². The number of hydrogen-bond donors (Lipinski definition) is 1. The maximum Gasteiger partial charge on any atom is 0.266 e. The Morgan fingerprint density at radius 2 is 1.95 bits per heavy atom. The van der Waals surface area contributed by atoms with E-state index in [9.17, 15) is 17.2 Å². The minimum absolute atomic E-state index is 0.0179. The zero-order valence-electron chi connectivity index (χ0n) is 11.9. The third kappa shape index (κ3) is 3.16. The van der Waals surface area contributed by atoms with Crippen molar-refractivity contribution < 1.29 is 21.9 Å². The normalized spacial score (nSPS) is 11.3. The van der Waals surface area contributed by atoms with Crippen LogP contribution < -0.4 is 9.46 Å². The van der Waals surface area contributed by atoms with Gasteiger partial charge in [0.2, 0.25) is 0 Å². The highest BCUT2D eigenvalue weighted by atomic mass is 32.2. The molecule has 0 saturated heterocycles. The van der Waals surface area contributed by atoms with E-state index in [1.54, 1.807) is 13.0 Å². The van der Waals surface area contributed by atoms with E-state index in [4.69, 9.17) is 4.74 Å². The first-order valence-electron chi connectivity index (χ1n) is 6.42. The molecule has 0 saturated carbocycles. The molecule has 0 aliphatic carbocycles. The Labute approximate surface area is 127 Å². The zero-order chi connectivity index (χ0) is 16.3. The third-order valence-electron chi connectivity index (χ3n) is 2.83. The van der Waals surface area contributed by atoms with Crippen molar-refractivity contribution >= 4 is 15.8 Å². The Kier molecular flexibility index (Phi) is 4.60. The summed E-state index contributed by atoms with van der Waals surface area (Å²) in [7, 11) is -4.33. The van der Waals surface area contributed by atoms with Crippen LogP contribution in [-0.4, -0.2) is 20.0 Å². The molecular formula is C14H14F2N2O3S. The Balaban J connectivity index is 2.43. The summed E-state index contributed by atoms with van der Waals surface area (Å²) in [6, 6.07) is 5.27. The fraction of sp³-hybridized carbons (Fsp3) is 0.214. The van der Waals surface area contributed by atoms with E-state index in [-0.39, 0.29) is 17.1 Å². The van der Waals surface area contributed by atoms with Crippen LogP contribution in [0.3, 0.4) is 0 Å². The lowest BCUT2D eigenvalue weighted by atomic mass is 10.2. The number of nitrogens with zero attached hydrogens (tertiary/aromatic N) is 1. The molecule has 8 heteroatoms. The summed E-state index contributed by atoms with van der Waals surface area (Å²) in [6.07, 6.45) is 1.35. The topological polar surface area (TPSA) is 68.3 Å². The molecule has 1 aromatic carbocycles. The maximum absolute atomic E-state index is 13.9. The average molecular weight is 328 g/mol. The van der Waals surface area contributed by atoms with Gasteiger partial charge in [-0.3, -0.25) is 4.72 Å². The Hall–Kier alpha value is -2.22. The highest BCUT2D eigenvalue weighted by Gasteiger charge is 2.24. The molecule has 2 rings (SSSR count). The number of rotatable bonds is 5. The molecule has 0 aliphatic rings. The molecule has 1 N–H and O–H groups in total. The predicted octanol–water partition coefficient (Wildman–Crippen LogP) is 2.87. The second-order valence-corrected chi connectivity index (χ2v) is 6.05. The van der Waals surface area contributed by atoms with Crippen LogP contribution in [0.1, 0.15) is 12.5 Å². The molecular weight excluding hydrogens is 314 g/mol. The van der Waals surface area contributed by atoms with E-state index in [2.05, 4.69) is 9.71 Å². The van der Waals surface area contributed by atoms with Gasteiger partial charge in [-0.1, -0.05) is 6.07 Å². The number of aromatic nitrogens is 1. The van der Waals surface area contributed by atoms with Crippen LogP contribution in [-0.2, 0) is 10.0 Å². The largest absolute Gasteiger partial charge is 0.490 e. The molecule has 0 unspecified atom stereocenters. The summed E-state index contributed by atoms with van der Waals surface area (Å²) >= 11 is 0. The van der Waals surface area contributed by atoms with E-state index < -0.39 is 26.6 Å². The highest BCUT2D eigenvalue weighted by Crippen LogP contribution is 2.26. The average Bonchev–Trinajstić information content (AvgIpc) is 2.46. The molecule has 2 aromatic rings. The van der Waals surface area contributed by atoms with Crippen molar-refractivity contribution in [3.8, 4) is 5.75 Å². The molecule has 0 bridgehead atoms. The fourth-order valence-corrected chi connectivity index (χ4v) is 2.85. The van der Waals surface area contributed by atoms with Gasteiger partial charge in [0.05, 0.1) is 6.61 Å². The second-order valence-electron chi connectivity index (χ2n) is 4.40. The van der Waals surface area contributed by atoms with Crippen molar-refractivity contribution in [2.75, 3.05) is 11.3 Å². The molecule has 0 amide bonds. The first-order valence-corrected chi connectivity index (χ1v) is 7.90.